The Bertz CT molecular complexity index is 773. The summed E-state index contributed by atoms with van der Waals surface area (Å²) in [6.07, 6.45) is -4.56. The fourth-order valence-electron chi connectivity index (χ4n) is 2.11. The molecule has 0 aliphatic carbocycles. The van der Waals surface area contributed by atoms with Crippen LogP contribution in [0.15, 0.2) is 48.5 Å². The van der Waals surface area contributed by atoms with Crippen LogP contribution in [0.5, 0.6) is 0 Å². The van der Waals surface area contributed by atoms with E-state index in [1.54, 1.807) is 0 Å². The molecule has 25 heavy (non-hydrogen) atoms. The van der Waals surface area contributed by atoms with E-state index in [0.29, 0.717) is 5.69 Å². The Balaban J connectivity index is 2.17. The molecule has 8 heteroatoms. The second-order valence-corrected chi connectivity index (χ2v) is 5.21. The zero-order valence-corrected chi connectivity index (χ0v) is 13.1. The second kappa shape index (κ2) is 7.33. The lowest BCUT2D eigenvalue weighted by Gasteiger charge is -2.21. The van der Waals surface area contributed by atoms with Crippen LogP contribution in [0.3, 0.4) is 0 Å². The van der Waals surface area contributed by atoms with Crippen molar-refractivity contribution in [2.24, 2.45) is 0 Å². The van der Waals surface area contributed by atoms with Crippen LogP contribution in [0.2, 0.25) is 0 Å². The van der Waals surface area contributed by atoms with Crippen LogP contribution < -0.4 is 10.2 Å². The van der Waals surface area contributed by atoms with E-state index in [1.165, 1.54) is 18.2 Å². The van der Waals surface area contributed by atoms with Crippen molar-refractivity contribution in [1.29, 1.82) is 0 Å². The van der Waals surface area contributed by atoms with E-state index in [2.05, 4.69) is 5.32 Å². The van der Waals surface area contributed by atoms with Gasteiger partial charge in [0.15, 0.2) is 0 Å². The van der Waals surface area contributed by atoms with Crippen molar-refractivity contribution in [3.05, 3.63) is 59.9 Å². The highest BCUT2D eigenvalue weighted by Gasteiger charge is 2.31. The molecule has 132 valence electrons. The van der Waals surface area contributed by atoms with Crippen molar-refractivity contribution in [2.45, 2.75) is 13.1 Å². The van der Waals surface area contributed by atoms with Crippen molar-refractivity contribution < 1.29 is 27.2 Å². The Morgan fingerprint density at radius 3 is 2.28 bits per heavy atom. The first-order valence-electron chi connectivity index (χ1n) is 7.17. The molecule has 0 saturated carbocycles. The van der Waals surface area contributed by atoms with Gasteiger partial charge in [0.2, 0.25) is 11.8 Å². The van der Waals surface area contributed by atoms with E-state index in [0.717, 1.165) is 42.2 Å². The standard InChI is InChI=1S/C17H14F4N2O2/c1-11(24)23(15-4-2-3-12(9-15)17(19,20)21)10-16(25)22-14-7-5-13(18)6-8-14/h2-9H,10H2,1H3,(H,22,25). The van der Waals surface area contributed by atoms with E-state index < -0.39 is 35.9 Å². The monoisotopic (exact) mass is 354 g/mol. The number of nitrogens with zero attached hydrogens (tertiary/aromatic N) is 1. The third kappa shape index (κ3) is 5.03. The molecular formula is C17H14F4N2O2. The van der Waals surface area contributed by atoms with Crippen molar-refractivity contribution in [1.82, 2.24) is 0 Å². The molecule has 4 nitrogen and oxygen atoms in total. The maximum atomic E-state index is 12.8. The van der Waals surface area contributed by atoms with E-state index in [4.69, 9.17) is 0 Å². The minimum absolute atomic E-state index is 0.0448. The Morgan fingerprint density at radius 2 is 1.72 bits per heavy atom. The van der Waals surface area contributed by atoms with Gasteiger partial charge in [-0.3, -0.25) is 9.59 Å². The highest BCUT2D eigenvalue weighted by Crippen LogP contribution is 2.31. The number of rotatable bonds is 4. The van der Waals surface area contributed by atoms with E-state index >= 15 is 0 Å². The van der Waals surface area contributed by atoms with Gasteiger partial charge in [-0.1, -0.05) is 6.07 Å². The summed E-state index contributed by atoms with van der Waals surface area (Å²) in [4.78, 5) is 24.7. The number of benzene rings is 2. The quantitative estimate of drug-likeness (QED) is 0.849. The van der Waals surface area contributed by atoms with Crippen LogP contribution in [-0.2, 0) is 15.8 Å². The van der Waals surface area contributed by atoms with Gasteiger partial charge in [0.25, 0.3) is 0 Å². The van der Waals surface area contributed by atoms with E-state index in [1.807, 2.05) is 0 Å². The molecule has 2 aromatic rings. The zero-order chi connectivity index (χ0) is 18.6. The number of anilines is 2. The minimum Gasteiger partial charge on any atom is -0.325 e. The third-order valence-corrected chi connectivity index (χ3v) is 3.29. The summed E-state index contributed by atoms with van der Waals surface area (Å²) in [5, 5.41) is 2.45. The van der Waals surface area contributed by atoms with Gasteiger partial charge in [-0.05, 0) is 42.5 Å². The number of amides is 2. The van der Waals surface area contributed by atoms with Gasteiger partial charge in [0, 0.05) is 18.3 Å². The zero-order valence-electron chi connectivity index (χ0n) is 13.1. The molecule has 0 aliphatic heterocycles. The number of halogens is 4. The van der Waals surface area contributed by atoms with Crippen LogP contribution in [0, 0.1) is 5.82 Å². The number of carbonyl (C=O) groups is 2. The second-order valence-electron chi connectivity index (χ2n) is 5.21. The summed E-state index contributed by atoms with van der Waals surface area (Å²) in [7, 11) is 0. The van der Waals surface area contributed by atoms with Crippen molar-refractivity contribution in [3.8, 4) is 0 Å². The summed E-state index contributed by atoms with van der Waals surface area (Å²) in [5.74, 6) is -1.69. The number of hydrogen-bond donors (Lipinski definition) is 1. The Morgan fingerprint density at radius 1 is 1.08 bits per heavy atom. The predicted molar refractivity (Wildman–Crippen MR) is 84.5 cm³/mol. The molecule has 0 saturated heterocycles. The molecule has 0 bridgehead atoms. The predicted octanol–water partition coefficient (Wildman–Crippen LogP) is 3.84. The molecule has 0 heterocycles. The summed E-state index contributed by atoms with van der Waals surface area (Å²) >= 11 is 0. The van der Waals surface area contributed by atoms with Crippen LogP contribution in [-0.4, -0.2) is 18.4 Å². The van der Waals surface area contributed by atoms with Crippen LogP contribution in [0.1, 0.15) is 12.5 Å². The largest absolute Gasteiger partial charge is 0.416 e. The lowest BCUT2D eigenvalue weighted by atomic mass is 10.1. The van der Waals surface area contributed by atoms with Gasteiger partial charge in [-0.2, -0.15) is 13.2 Å². The molecule has 0 spiro atoms. The van der Waals surface area contributed by atoms with Crippen molar-refractivity contribution in [3.63, 3.8) is 0 Å². The molecule has 0 aromatic heterocycles. The molecular weight excluding hydrogens is 340 g/mol. The Hall–Kier alpha value is -2.90. The van der Waals surface area contributed by atoms with Gasteiger partial charge in [0.05, 0.1) is 5.56 Å². The van der Waals surface area contributed by atoms with Crippen LogP contribution >= 0.6 is 0 Å². The lowest BCUT2D eigenvalue weighted by molar-refractivity contribution is -0.137. The van der Waals surface area contributed by atoms with Gasteiger partial charge >= 0.3 is 6.18 Å². The van der Waals surface area contributed by atoms with Gasteiger partial charge in [0.1, 0.15) is 12.4 Å². The first-order valence-corrected chi connectivity index (χ1v) is 7.17. The third-order valence-electron chi connectivity index (χ3n) is 3.29. The van der Waals surface area contributed by atoms with Gasteiger partial charge < -0.3 is 10.2 Å². The van der Waals surface area contributed by atoms with E-state index in [-0.39, 0.29) is 5.69 Å². The SMILES string of the molecule is CC(=O)N(CC(=O)Nc1ccc(F)cc1)c1cccc(C(F)(F)F)c1. The fourth-order valence-corrected chi connectivity index (χ4v) is 2.11. The first-order chi connectivity index (χ1) is 11.7. The van der Waals surface area contributed by atoms with Gasteiger partial charge in [-0.15, -0.1) is 0 Å². The number of alkyl halides is 3. The molecule has 0 radical (unpaired) electrons. The highest BCUT2D eigenvalue weighted by molar-refractivity contribution is 6.01. The molecule has 2 amide bonds. The number of nitrogens with one attached hydrogen (secondary N) is 1. The summed E-state index contributed by atoms with van der Waals surface area (Å²) in [6, 6.07) is 9.09. The minimum atomic E-state index is -4.56. The molecule has 0 fully saturated rings. The Kier molecular flexibility index (Phi) is 5.41. The molecule has 2 aromatic carbocycles. The van der Waals surface area contributed by atoms with Crippen molar-refractivity contribution in [2.75, 3.05) is 16.8 Å². The maximum Gasteiger partial charge on any atom is 0.416 e. The highest BCUT2D eigenvalue weighted by atomic mass is 19.4. The summed E-state index contributed by atoms with van der Waals surface area (Å²) < 4.78 is 51.2. The summed E-state index contributed by atoms with van der Waals surface area (Å²) in [6.45, 7) is 0.666. The maximum absolute atomic E-state index is 12.8. The lowest BCUT2D eigenvalue weighted by Crippen LogP contribution is -2.36. The number of hydrogen-bond acceptors (Lipinski definition) is 2. The molecule has 0 unspecified atom stereocenters. The topological polar surface area (TPSA) is 49.4 Å². The van der Waals surface area contributed by atoms with Gasteiger partial charge in [-0.25, -0.2) is 4.39 Å². The summed E-state index contributed by atoms with van der Waals surface area (Å²) in [5.41, 5.74) is -0.661. The molecule has 2 rings (SSSR count). The van der Waals surface area contributed by atoms with Crippen LogP contribution in [0.4, 0.5) is 28.9 Å². The van der Waals surface area contributed by atoms with Crippen molar-refractivity contribution >= 4 is 23.2 Å². The first kappa shape index (κ1) is 18.4. The van der Waals surface area contributed by atoms with Crippen LogP contribution in [0.25, 0.3) is 0 Å². The smallest absolute Gasteiger partial charge is 0.325 e. The van der Waals surface area contributed by atoms with E-state index in [9.17, 15) is 27.2 Å². The fraction of sp³-hybridized carbons (Fsp3) is 0.176. The molecule has 0 atom stereocenters. The number of carbonyl (C=O) groups excluding carboxylic acids is 2. The molecule has 0 aliphatic rings. The normalized spacial score (nSPS) is 11.1. The molecule has 1 N–H and O–H groups in total. The average Bonchev–Trinajstić information content (AvgIpc) is 2.54. The Labute approximate surface area is 141 Å². The average molecular weight is 354 g/mol.